The SMILES string of the molecule is CNC(=O)C(C)NCC1CCCN1. The quantitative estimate of drug-likeness (QED) is 0.551. The van der Waals surface area contributed by atoms with Gasteiger partial charge in [-0.3, -0.25) is 4.79 Å². The minimum atomic E-state index is -0.0904. The van der Waals surface area contributed by atoms with E-state index in [1.807, 2.05) is 6.92 Å². The number of nitrogens with one attached hydrogen (secondary N) is 3. The third-order valence-electron chi connectivity index (χ3n) is 2.47. The van der Waals surface area contributed by atoms with Crippen molar-refractivity contribution in [2.24, 2.45) is 0 Å². The van der Waals surface area contributed by atoms with Gasteiger partial charge in [-0.2, -0.15) is 0 Å². The van der Waals surface area contributed by atoms with Crippen molar-refractivity contribution in [3.63, 3.8) is 0 Å². The molecule has 0 aromatic heterocycles. The van der Waals surface area contributed by atoms with Crippen LogP contribution in [0.2, 0.25) is 0 Å². The predicted molar refractivity (Wildman–Crippen MR) is 52.6 cm³/mol. The molecule has 0 bridgehead atoms. The average Bonchev–Trinajstić information content (AvgIpc) is 2.65. The molecule has 1 rings (SSSR count). The summed E-state index contributed by atoms with van der Waals surface area (Å²) < 4.78 is 0. The largest absolute Gasteiger partial charge is 0.358 e. The maximum absolute atomic E-state index is 11.1. The molecule has 1 amide bonds. The molecule has 1 aliphatic rings. The fourth-order valence-corrected chi connectivity index (χ4v) is 1.56. The lowest BCUT2D eigenvalue weighted by atomic mass is 10.2. The summed E-state index contributed by atoms with van der Waals surface area (Å²) in [5.74, 6) is 0.0537. The number of hydrogen-bond acceptors (Lipinski definition) is 3. The Hall–Kier alpha value is -0.610. The van der Waals surface area contributed by atoms with Crippen LogP contribution in [0.15, 0.2) is 0 Å². The lowest BCUT2D eigenvalue weighted by Gasteiger charge is -2.15. The van der Waals surface area contributed by atoms with Crippen molar-refractivity contribution >= 4 is 5.91 Å². The van der Waals surface area contributed by atoms with Gasteiger partial charge >= 0.3 is 0 Å². The number of rotatable bonds is 4. The Bertz CT molecular complexity index is 166. The molecule has 1 aliphatic heterocycles. The van der Waals surface area contributed by atoms with Crippen molar-refractivity contribution in [1.82, 2.24) is 16.0 Å². The van der Waals surface area contributed by atoms with Gasteiger partial charge in [0.2, 0.25) is 5.91 Å². The highest BCUT2D eigenvalue weighted by Gasteiger charge is 2.16. The Labute approximate surface area is 79.5 Å². The van der Waals surface area contributed by atoms with E-state index in [4.69, 9.17) is 0 Å². The molecule has 2 atom stereocenters. The highest BCUT2D eigenvalue weighted by molar-refractivity contribution is 5.80. The number of hydrogen-bond donors (Lipinski definition) is 3. The van der Waals surface area contributed by atoms with E-state index < -0.39 is 0 Å². The van der Waals surface area contributed by atoms with Crippen LogP contribution in [-0.2, 0) is 4.79 Å². The van der Waals surface area contributed by atoms with E-state index in [0.717, 1.165) is 13.1 Å². The van der Waals surface area contributed by atoms with Crippen LogP contribution in [0.3, 0.4) is 0 Å². The van der Waals surface area contributed by atoms with Gasteiger partial charge in [0.25, 0.3) is 0 Å². The molecule has 1 heterocycles. The summed E-state index contributed by atoms with van der Waals surface area (Å²) in [7, 11) is 1.66. The second-order valence-corrected chi connectivity index (χ2v) is 3.54. The van der Waals surface area contributed by atoms with Gasteiger partial charge in [0.1, 0.15) is 0 Å². The summed E-state index contributed by atoms with van der Waals surface area (Å²) in [5.41, 5.74) is 0. The molecule has 2 unspecified atom stereocenters. The van der Waals surface area contributed by atoms with E-state index in [1.165, 1.54) is 12.8 Å². The third kappa shape index (κ3) is 3.32. The highest BCUT2D eigenvalue weighted by atomic mass is 16.2. The summed E-state index contributed by atoms with van der Waals surface area (Å²) in [5, 5.41) is 9.19. The van der Waals surface area contributed by atoms with Crippen LogP contribution < -0.4 is 16.0 Å². The molecule has 76 valence electrons. The monoisotopic (exact) mass is 185 g/mol. The number of carbonyl (C=O) groups excluding carboxylic acids is 1. The Morgan fingerprint density at radius 1 is 1.69 bits per heavy atom. The Kier molecular flexibility index (Phi) is 4.18. The van der Waals surface area contributed by atoms with E-state index in [9.17, 15) is 4.79 Å². The zero-order valence-electron chi connectivity index (χ0n) is 8.39. The van der Waals surface area contributed by atoms with Gasteiger partial charge in [-0.25, -0.2) is 0 Å². The van der Waals surface area contributed by atoms with Gasteiger partial charge in [0.05, 0.1) is 6.04 Å². The van der Waals surface area contributed by atoms with E-state index in [1.54, 1.807) is 7.05 Å². The molecule has 0 saturated carbocycles. The summed E-state index contributed by atoms with van der Waals surface area (Å²) in [4.78, 5) is 11.1. The Morgan fingerprint density at radius 2 is 2.46 bits per heavy atom. The van der Waals surface area contributed by atoms with Crippen LogP contribution in [0, 0.1) is 0 Å². The van der Waals surface area contributed by atoms with Crippen molar-refractivity contribution in [2.45, 2.75) is 31.8 Å². The average molecular weight is 185 g/mol. The van der Waals surface area contributed by atoms with Crippen molar-refractivity contribution in [1.29, 1.82) is 0 Å². The molecular weight excluding hydrogens is 166 g/mol. The Balaban J connectivity index is 2.13. The fourth-order valence-electron chi connectivity index (χ4n) is 1.56. The second kappa shape index (κ2) is 5.19. The van der Waals surface area contributed by atoms with Gasteiger partial charge in [0.15, 0.2) is 0 Å². The molecule has 0 spiro atoms. The minimum absolute atomic E-state index is 0.0537. The molecular formula is C9H19N3O. The maximum Gasteiger partial charge on any atom is 0.236 e. The lowest BCUT2D eigenvalue weighted by Crippen LogP contribution is -2.45. The van der Waals surface area contributed by atoms with Gasteiger partial charge in [-0.15, -0.1) is 0 Å². The minimum Gasteiger partial charge on any atom is -0.358 e. The summed E-state index contributed by atoms with van der Waals surface area (Å²) in [6.45, 7) is 3.88. The lowest BCUT2D eigenvalue weighted by molar-refractivity contribution is -0.122. The van der Waals surface area contributed by atoms with E-state index in [-0.39, 0.29) is 11.9 Å². The fraction of sp³-hybridized carbons (Fsp3) is 0.889. The second-order valence-electron chi connectivity index (χ2n) is 3.54. The van der Waals surface area contributed by atoms with Crippen molar-refractivity contribution < 1.29 is 4.79 Å². The summed E-state index contributed by atoms with van der Waals surface area (Å²) in [6.07, 6.45) is 2.47. The van der Waals surface area contributed by atoms with Gasteiger partial charge in [-0.05, 0) is 26.3 Å². The van der Waals surface area contributed by atoms with Crippen molar-refractivity contribution in [3.8, 4) is 0 Å². The van der Waals surface area contributed by atoms with Crippen LogP contribution in [0.5, 0.6) is 0 Å². The van der Waals surface area contributed by atoms with Gasteiger partial charge in [-0.1, -0.05) is 0 Å². The smallest absolute Gasteiger partial charge is 0.236 e. The first-order chi connectivity index (χ1) is 6.24. The van der Waals surface area contributed by atoms with Crippen molar-refractivity contribution in [3.05, 3.63) is 0 Å². The first-order valence-electron chi connectivity index (χ1n) is 4.92. The first kappa shape index (κ1) is 10.5. The molecule has 13 heavy (non-hydrogen) atoms. The van der Waals surface area contributed by atoms with Crippen LogP contribution in [0.4, 0.5) is 0 Å². The summed E-state index contributed by atoms with van der Waals surface area (Å²) >= 11 is 0. The highest BCUT2D eigenvalue weighted by Crippen LogP contribution is 2.03. The van der Waals surface area contributed by atoms with Gasteiger partial charge in [0, 0.05) is 19.6 Å². The zero-order chi connectivity index (χ0) is 9.68. The molecule has 4 nitrogen and oxygen atoms in total. The topological polar surface area (TPSA) is 53.2 Å². The van der Waals surface area contributed by atoms with Crippen LogP contribution in [0.1, 0.15) is 19.8 Å². The molecule has 0 radical (unpaired) electrons. The molecule has 3 N–H and O–H groups in total. The van der Waals surface area contributed by atoms with Crippen LogP contribution in [-0.4, -0.2) is 38.1 Å². The molecule has 0 aliphatic carbocycles. The molecule has 0 aromatic rings. The predicted octanol–water partition coefficient (Wildman–Crippen LogP) is -0.537. The molecule has 0 aromatic carbocycles. The van der Waals surface area contributed by atoms with E-state index >= 15 is 0 Å². The van der Waals surface area contributed by atoms with Gasteiger partial charge < -0.3 is 16.0 Å². The molecule has 1 fully saturated rings. The Morgan fingerprint density at radius 3 is 3.00 bits per heavy atom. The van der Waals surface area contributed by atoms with Crippen LogP contribution in [0.25, 0.3) is 0 Å². The zero-order valence-corrected chi connectivity index (χ0v) is 8.39. The molecule has 1 saturated heterocycles. The van der Waals surface area contributed by atoms with Crippen LogP contribution >= 0.6 is 0 Å². The van der Waals surface area contributed by atoms with Crippen molar-refractivity contribution in [2.75, 3.05) is 20.1 Å². The number of carbonyl (C=O) groups is 1. The first-order valence-corrected chi connectivity index (χ1v) is 4.92. The number of likely N-dealkylation sites (N-methyl/N-ethyl adjacent to an activating group) is 1. The third-order valence-corrected chi connectivity index (χ3v) is 2.47. The molecule has 4 heteroatoms. The normalized spacial score (nSPS) is 24.3. The van der Waals surface area contributed by atoms with E-state index in [0.29, 0.717) is 6.04 Å². The summed E-state index contributed by atoms with van der Waals surface area (Å²) in [6, 6.07) is 0.458. The van der Waals surface area contributed by atoms with E-state index in [2.05, 4.69) is 16.0 Å². The standard InChI is InChI=1S/C9H19N3O/c1-7(9(13)10-2)12-6-8-4-3-5-11-8/h7-8,11-12H,3-6H2,1-2H3,(H,10,13). The number of amides is 1. The maximum atomic E-state index is 11.1.